The summed E-state index contributed by atoms with van der Waals surface area (Å²) in [6.45, 7) is 5.22. The first-order chi connectivity index (χ1) is 8.19. The highest BCUT2D eigenvalue weighted by Crippen LogP contribution is 2.12. The van der Waals surface area contributed by atoms with Crippen LogP contribution in [0.2, 0.25) is 0 Å². The lowest BCUT2D eigenvalue weighted by molar-refractivity contribution is -0.124. The third-order valence-corrected chi connectivity index (χ3v) is 2.93. The summed E-state index contributed by atoms with van der Waals surface area (Å²) < 4.78 is 0. The Balaban J connectivity index is 2.63. The molecule has 1 aromatic rings. The molecule has 0 aliphatic rings. The van der Waals surface area contributed by atoms with Crippen LogP contribution in [0.3, 0.4) is 0 Å². The molecule has 1 aromatic carbocycles. The summed E-state index contributed by atoms with van der Waals surface area (Å²) in [6, 6.07) is 8.13. The van der Waals surface area contributed by atoms with Gasteiger partial charge in [0.15, 0.2) is 0 Å². The van der Waals surface area contributed by atoms with Gasteiger partial charge >= 0.3 is 0 Å². The minimum atomic E-state index is -0.123. The molecule has 3 heteroatoms. The molecular weight excluding hydrogens is 212 g/mol. The molecule has 1 atom stereocenters. The van der Waals surface area contributed by atoms with E-state index in [-0.39, 0.29) is 11.8 Å². The Bertz CT molecular complexity index is 363. The van der Waals surface area contributed by atoms with Crippen LogP contribution >= 0.6 is 0 Å². The lowest BCUT2D eigenvalue weighted by Crippen LogP contribution is -2.36. The van der Waals surface area contributed by atoms with Gasteiger partial charge in [-0.3, -0.25) is 4.79 Å². The first-order valence-corrected chi connectivity index (χ1v) is 6.21. The van der Waals surface area contributed by atoms with E-state index in [2.05, 4.69) is 24.4 Å². The number of benzene rings is 1. The van der Waals surface area contributed by atoms with Gasteiger partial charge in [-0.05, 0) is 30.9 Å². The number of nitrogens with two attached hydrogens (primary N) is 1. The summed E-state index contributed by atoms with van der Waals surface area (Å²) >= 11 is 0. The van der Waals surface area contributed by atoms with Crippen molar-refractivity contribution in [2.24, 2.45) is 11.7 Å². The van der Waals surface area contributed by atoms with E-state index >= 15 is 0 Å². The largest absolute Gasteiger partial charge is 0.356 e. The van der Waals surface area contributed by atoms with Gasteiger partial charge in [0.05, 0.1) is 5.92 Å². The quantitative estimate of drug-likeness (QED) is 0.786. The Morgan fingerprint density at radius 3 is 2.71 bits per heavy atom. The van der Waals surface area contributed by atoms with E-state index in [4.69, 9.17) is 5.73 Å². The molecule has 94 valence electrons. The molecule has 1 amide bonds. The lowest BCUT2D eigenvalue weighted by atomic mass is 9.95. The zero-order valence-electron chi connectivity index (χ0n) is 10.7. The molecule has 0 heterocycles. The molecule has 0 aromatic heterocycles. The van der Waals surface area contributed by atoms with Crippen molar-refractivity contribution < 1.29 is 4.79 Å². The smallest absolute Gasteiger partial charge is 0.224 e. The SMILES string of the molecule is CCCNC(=O)C(CN)Cc1ccccc1C. The number of hydrogen-bond acceptors (Lipinski definition) is 2. The maximum Gasteiger partial charge on any atom is 0.224 e. The highest BCUT2D eigenvalue weighted by atomic mass is 16.1. The normalized spacial score (nSPS) is 12.2. The molecule has 0 aliphatic carbocycles. The minimum absolute atomic E-state index is 0.0672. The van der Waals surface area contributed by atoms with E-state index in [9.17, 15) is 4.79 Å². The number of carbonyl (C=O) groups is 1. The van der Waals surface area contributed by atoms with Crippen molar-refractivity contribution in [1.82, 2.24) is 5.32 Å². The minimum Gasteiger partial charge on any atom is -0.356 e. The van der Waals surface area contributed by atoms with Crippen LogP contribution in [-0.2, 0) is 11.2 Å². The standard InChI is InChI=1S/C14H22N2O/c1-3-8-16-14(17)13(10-15)9-12-7-5-4-6-11(12)2/h4-7,13H,3,8-10,15H2,1-2H3,(H,16,17). The number of hydrogen-bond donors (Lipinski definition) is 2. The first kappa shape index (κ1) is 13.7. The van der Waals surface area contributed by atoms with Crippen LogP contribution < -0.4 is 11.1 Å². The van der Waals surface area contributed by atoms with Crippen molar-refractivity contribution in [3.63, 3.8) is 0 Å². The second kappa shape index (κ2) is 7.07. The molecule has 0 bridgehead atoms. The van der Waals surface area contributed by atoms with Gasteiger partial charge in [-0.15, -0.1) is 0 Å². The van der Waals surface area contributed by atoms with Gasteiger partial charge in [0, 0.05) is 13.1 Å². The maximum atomic E-state index is 11.9. The molecule has 3 nitrogen and oxygen atoms in total. The monoisotopic (exact) mass is 234 g/mol. The van der Waals surface area contributed by atoms with Crippen molar-refractivity contribution >= 4 is 5.91 Å². The molecular formula is C14H22N2O. The fourth-order valence-electron chi connectivity index (χ4n) is 1.78. The fraction of sp³-hybridized carbons (Fsp3) is 0.500. The topological polar surface area (TPSA) is 55.1 Å². The van der Waals surface area contributed by atoms with Gasteiger partial charge in [0.25, 0.3) is 0 Å². The molecule has 0 aliphatic heterocycles. The van der Waals surface area contributed by atoms with Gasteiger partial charge in [-0.2, -0.15) is 0 Å². The number of carbonyl (C=O) groups excluding carboxylic acids is 1. The fourth-order valence-corrected chi connectivity index (χ4v) is 1.78. The molecule has 0 saturated heterocycles. The van der Waals surface area contributed by atoms with E-state index in [0.29, 0.717) is 6.54 Å². The molecule has 17 heavy (non-hydrogen) atoms. The lowest BCUT2D eigenvalue weighted by Gasteiger charge is -2.15. The molecule has 0 radical (unpaired) electrons. The highest BCUT2D eigenvalue weighted by molar-refractivity contribution is 5.79. The van der Waals surface area contributed by atoms with Crippen LogP contribution in [0.1, 0.15) is 24.5 Å². The van der Waals surface area contributed by atoms with E-state index in [1.165, 1.54) is 11.1 Å². The number of aryl methyl sites for hydroxylation is 1. The molecule has 0 saturated carbocycles. The number of nitrogens with one attached hydrogen (secondary N) is 1. The Morgan fingerprint density at radius 1 is 1.41 bits per heavy atom. The third kappa shape index (κ3) is 4.19. The van der Waals surface area contributed by atoms with Crippen LogP contribution in [0.25, 0.3) is 0 Å². The molecule has 1 rings (SSSR count). The number of amides is 1. The molecule has 0 spiro atoms. The van der Waals surface area contributed by atoms with Crippen LogP contribution in [0.15, 0.2) is 24.3 Å². The maximum absolute atomic E-state index is 11.9. The van der Waals surface area contributed by atoms with Crippen LogP contribution in [0, 0.1) is 12.8 Å². The average molecular weight is 234 g/mol. The van der Waals surface area contributed by atoms with E-state index in [1.807, 2.05) is 19.1 Å². The van der Waals surface area contributed by atoms with Gasteiger partial charge in [0.1, 0.15) is 0 Å². The van der Waals surface area contributed by atoms with Crippen LogP contribution in [0.5, 0.6) is 0 Å². The van der Waals surface area contributed by atoms with Crippen molar-refractivity contribution in [1.29, 1.82) is 0 Å². The van der Waals surface area contributed by atoms with Crippen molar-refractivity contribution in [2.75, 3.05) is 13.1 Å². The predicted octanol–water partition coefficient (Wildman–Crippen LogP) is 1.64. The molecule has 0 fully saturated rings. The second-order valence-electron chi connectivity index (χ2n) is 4.35. The van der Waals surface area contributed by atoms with E-state index < -0.39 is 0 Å². The van der Waals surface area contributed by atoms with Crippen LogP contribution in [-0.4, -0.2) is 19.0 Å². The Hall–Kier alpha value is -1.35. The summed E-state index contributed by atoms with van der Waals surface area (Å²) in [6.07, 6.45) is 1.67. The highest BCUT2D eigenvalue weighted by Gasteiger charge is 2.17. The summed E-state index contributed by atoms with van der Waals surface area (Å²) in [5, 5.41) is 2.90. The zero-order chi connectivity index (χ0) is 12.7. The van der Waals surface area contributed by atoms with E-state index in [0.717, 1.165) is 19.4 Å². The third-order valence-electron chi connectivity index (χ3n) is 2.93. The first-order valence-electron chi connectivity index (χ1n) is 6.21. The summed E-state index contributed by atoms with van der Waals surface area (Å²) in [4.78, 5) is 11.9. The van der Waals surface area contributed by atoms with Crippen molar-refractivity contribution in [3.05, 3.63) is 35.4 Å². The van der Waals surface area contributed by atoms with Crippen molar-refractivity contribution in [3.8, 4) is 0 Å². The average Bonchev–Trinajstić information content (AvgIpc) is 2.35. The molecule has 3 N–H and O–H groups in total. The summed E-state index contributed by atoms with van der Waals surface area (Å²) in [5.74, 6) is -0.0553. The Morgan fingerprint density at radius 2 is 2.12 bits per heavy atom. The van der Waals surface area contributed by atoms with Crippen molar-refractivity contribution in [2.45, 2.75) is 26.7 Å². The predicted molar refractivity (Wildman–Crippen MR) is 70.7 cm³/mol. The Kier molecular flexibility index (Phi) is 5.70. The molecule has 1 unspecified atom stereocenters. The zero-order valence-corrected chi connectivity index (χ0v) is 10.7. The van der Waals surface area contributed by atoms with Gasteiger partial charge in [0.2, 0.25) is 5.91 Å². The second-order valence-corrected chi connectivity index (χ2v) is 4.35. The Labute approximate surface area is 103 Å². The van der Waals surface area contributed by atoms with Gasteiger partial charge in [-0.25, -0.2) is 0 Å². The van der Waals surface area contributed by atoms with E-state index in [1.54, 1.807) is 0 Å². The number of rotatable bonds is 6. The summed E-state index contributed by atoms with van der Waals surface area (Å²) in [5.41, 5.74) is 8.10. The van der Waals surface area contributed by atoms with Crippen LogP contribution in [0.4, 0.5) is 0 Å². The van der Waals surface area contributed by atoms with Gasteiger partial charge < -0.3 is 11.1 Å². The van der Waals surface area contributed by atoms with Gasteiger partial charge in [-0.1, -0.05) is 31.2 Å². The summed E-state index contributed by atoms with van der Waals surface area (Å²) in [7, 11) is 0.